The number of fused-ring (bicyclic) bond motifs is 1. The first-order chi connectivity index (χ1) is 12.8. The fraction of sp³-hybridized carbons (Fsp3) is 0.545. The van der Waals surface area contributed by atoms with E-state index in [4.69, 9.17) is 9.15 Å². The van der Waals surface area contributed by atoms with Crippen LogP contribution in [0.3, 0.4) is 0 Å². The summed E-state index contributed by atoms with van der Waals surface area (Å²) < 4.78 is 10.6. The number of hydrogen-bond donors (Lipinski definition) is 1. The summed E-state index contributed by atoms with van der Waals surface area (Å²) >= 11 is 0. The molecule has 1 aromatic carbocycles. The quantitative estimate of drug-likeness (QED) is 0.803. The third-order valence-corrected chi connectivity index (χ3v) is 5.92. The highest BCUT2D eigenvalue weighted by Crippen LogP contribution is 2.31. The Morgan fingerprint density at radius 1 is 1.33 bits per heavy atom. The van der Waals surface area contributed by atoms with Crippen LogP contribution in [0.1, 0.15) is 57.1 Å². The van der Waals surface area contributed by atoms with Crippen LogP contribution in [0.5, 0.6) is 5.75 Å². The lowest BCUT2D eigenvalue weighted by atomic mass is 9.78. The average molecular weight is 371 g/mol. The van der Waals surface area contributed by atoms with E-state index in [9.17, 15) is 9.59 Å². The molecule has 1 saturated carbocycles. The third-order valence-electron chi connectivity index (χ3n) is 5.92. The van der Waals surface area contributed by atoms with E-state index >= 15 is 0 Å². The van der Waals surface area contributed by atoms with Crippen LogP contribution in [-0.2, 0) is 11.2 Å². The Kier molecular flexibility index (Phi) is 5.59. The molecule has 0 saturated heterocycles. The normalized spacial score (nSPS) is 22.6. The molecule has 1 aromatic heterocycles. The number of benzene rings is 1. The van der Waals surface area contributed by atoms with Crippen LogP contribution in [0, 0.1) is 12.8 Å². The third kappa shape index (κ3) is 4.34. The van der Waals surface area contributed by atoms with Crippen molar-refractivity contribution < 1.29 is 13.9 Å². The Bertz CT molecular complexity index is 891. The van der Waals surface area contributed by atoms with Gasteiger partial charge in [-0.05, 0) is 69.6 Å². The molecule has 1 aliphatic rings. The van der Waals surface area contributed by atoms with Crippen molar-refractivity contribution in [1.29, 1.82) is 0 Å². The summed E-state index contributed by atoms with van der Waals surface area (Å²) in [5.74, 6) is 1.38. The summed E-state index contributed by atoms with van der Waals surface area (Å²) in [6.07, 6.45) is 4.99. The van der Waals surface area contributed by atoms with Crippen LogP contribution in [0.2, 0.25) is 0 Å². The molecule has 1 heterocycles. The molecule has 0 radical (unpaired) electrons. The number of nitrogens with one attached hydrogen (secondary N) is 1. The maximum atomic E-state index is 12.5. The fourth-order valence-corrected chi connectivity index (χ4v) is 3.95. The lowest BCUT2D eigenvalue weighted by Crippen LogP contribution is -2.48. The molecule has 0 bridgehead atoms. The van der Waals surface area contributed by atoms with E-state index in [0.717, 1.165) is 42.6 Å². The van der Waals surface area contributed by atoms with Gasteiger partial charge >= 0.3 is 5.63 Å². The van der Waals surface area contributed by atoms with Gasteiger partial charge in [0.1, 0.15) is 11.3 Å². The van der Waals surface area contributed by atoms with Gasteiger partial charge in [-0.2, -0.15) is 0 Å². The average Bonchev–Trinajstić information content (AvgIpc) is 2.63. The second kappa shape index (κ2) is 7.75. The zero-order valence-corrected chi connectivity index (χ0v) is 16.7. The molecular formula is C22H29NO4. The number of ether oxygens (including phenoxy) is 1. The summed E-state index contributed by atoms with van der Waals surface area (Å²) in [4.78, 5) is 24.9. The van der Waals surface area contributed by atoms with Crippen molar-refractivity contribution in [3.05, 3.63) is 39.7 Å². The van der Waals surface area contributed by atoms with Crippen LogP contribution in [0.25, 0.3) is 11.0 Å². The first-order valence-electron chi connectivity index (χ1n) is 9.72. The topological polar surface area (TPSA) is 68.5 Å². The fourth-order valence-electron chi connectivity index (χ4n) is 3.95. The summed E-state index contributed by atoms with van der Waals surface area (Å²) in [7, 11) is 1.58. The zero-order chi connectivity index (χ0) is 19.6. The number of rotatable bonds is 5. The van der Waals surface area contributed by atoms with Crippen molar-refractivity contribution in [2.45, 2.75) is 64.8 Å². The predicted octanol–water partition coefficient (Wildman–Crippen LogP) is 4.13. The Morgan fingerprint density at radius 2 is 2.04 bits per heavy atom. The Morgan fingerprint density at radius 3 is 2.70 bits per heavy atom. The van der Waals surface area contributed by atoms with E-state index in [-0.39, 0.29) is 17.1 Å². The minimum Gasteiger partial charge on any atom is -0.497 e. The number of amides is 1. The van der Waals surface area contributed by atoms with Gasteiger partial charge in [-0.1, -0.05) is 6.92 Å². The highest BCUT2D eigenvalue weighted by molar-refractivity contribution is 5.83. The first kappa shape index (κ1) is 19.5. The molecule has 1 fully saturated rings. The smallest absolute Gasteiger partial charge is 0.339 e. The number of aryl methyl sites for hydroxylation is 1. The molecule has 0 aliphatic heterocycles. The summed E-state index contributed by atoms with van der Waals surface area (Å²) in [5.41, 5.74) is 1.45. The van der Waals surface area contributed by atoms with Crippen LogP contribution in [0.4, 0.5) is 0 Å². The largest absolute Gasteiger partial charge is 0.497 e. The van der Waals surface area contributed by atoms with Crippen LogP contribution in [0.15, 0.2) is 27.4 Å². The number of hydrogen-bond acceptors (Lipinski definition) is 4. The van der Waals surface area contributed by atoms with Crippen molar-refractivity contribution in [1.82, 2.24) is 5.32 Å². The van der Waals surface area contributed by atoms with E-state index < -0.39 is 0 Å². The van der Waals surface area contributed by atoms with Crippen LogP contribution in [-0.4, -0.2) is 18.6 Å². The Hall–Kier alpha value is -2.30. The Balaban J connectivity index is 1.71. The zero-order valence-electron chi connectivity index (χ0n) is 16.7. The number of methoxy groups -OCH3 is 1. The number of carbonyl (C=O) groups excluding carboxylic acids is 1. The molecule has 2 aromatic rings. The monoisotopic (exact) mass is 371 g/mol. The molecule has 5 heteroatoms. The van der Waals surface area contributed by atoms with Gasteiger partial charge in [0.2, 0.25) is 5.91 Å². The summed E-state index contributed by atoms with van der Waals surface area (Å²) in [6, 6.07) is 5.45. The summed E-state index contributed by atoms with van der Waals surface area (Å²) in [6.45, 7) is 6.29. The minimum absolute atomic E-state index is 0.000630. The lowest BCUT2D eigenvalue weighted by Gasteiger charge is -2.37. The van der Waals surface area contributed by atoms with Crippen molar-refractivity contribution in [2.75, 3.05) is 7.11 Å². The van der Waals surface area contributed by atoms with Gasteiger partial charge in [-0.3, -0.25) is 4.79 Å². The molecular weight excluding hydrogens is 342 g/mol. The number of carbonyl (C=O) groups is 1. The van der Waals surface area contributed by atoms with E-state index in [2.05, 4.69) is 19.2 Å². The van der Waals surface area contributed by atoms with E-state index in [1.165, 1.54) is 0 Å². The molecule has 0 spiro atoms. The molecule has 1 N–H and O–H groups in total. The SMILES string of the molecule is COc1ccc2c(C)c(CCC(=O)NC3(C)CCC(C)CC3)c(=O)oc2c1. The highest BCUT2D eigenvalue weighted by Gasteiger charge is 2.30. The molecule has 3 rings (SSSR count). The van der Waals surface area contributed by atoms with Crippen molar-refractivity contribution in [2.24, 2.45) is 5.92 Å². The second-order valence-corrected chi connectivity index (χ2v) is 8.15. The maximum Gasteiger partial charge on any atom is 0.339 e. The second-order valence-electron chi connectivity index (χ2n) is 8.15. The van der Waals surface area contributed by atoms with Gasteiger partial charge in [0.15, 0.2) is 0 Å². The highest BCUT2D eigenvalue weighted by atomic mass is 16.5. The standard InChI is InChI=1S/C22H29NO4/c1-14-9-11-22(3,12-10-14)23-20(24)8-7-18-15(2)17-6-5-16(26-4)13-19(17)27-21(18)25/h5-6,13-14H,7-12H2,1-4H3,(H,23,24). The van der Waals surface area contributed by atoms with Gasteiger partial charge in [0, 0.05) is 29.0 Å². The maximum absolute atomic E-state index is 12.5. The van der Waals surface area contributed by atoms with E-state index in [0.29, 0.717) is 29.7 Å². The van der Waals surface area contributed by atoms with Crippen molar-refractivity contribution in [3.8, 4) is 5.75 Å². The molecule has 0 unspecified atom stereocenters. The van der Waals surface area contributed by atoms with E-state index in [1.54, 1.807) is 13.2 Å². The van der Waals surface area contributed by atoms with Gasteiger partial charge in [-0.15, -0.1) is 0 Å². The van der Waals surface area contributed by atoms with Gasteiger partial charge in [0.25, 0.3) is 0 Å². The van der Waals surface area contributed by atoms with Gasteiger partial charge < -0.3 is 14.5 Å². The molecule has 1 aliphatic carbocycles. The van der Waals surface area contributed by atoms with Crippen molar-refractivity contribution in [3.63, 3.8) is 0 Å². The molecule has 27 heavy (non-hydrogen) atoms. The minimum atomic E-state index is -0.376. The van der Waals surface area contributed by atoms with E-state index in [1.807, 2.05) is 19.1 Å². The molecule has 0 atom stereocenters. The molecule has 1 amide bonds. The first-order valence-corrected chi connectivity index (χ1v) is 9.72. The lowest BCUT2D eigenvalue weighted by molar-refractivity contribution is -0.123. The predicted molar refractivity (Wildman–Crippen MR) is 106 cm³/mol. The van der Waals surface area contributed by atoms with Crippen LogP contribution < -0.4 is 15.7 Å². The van der Waals surface area contributed by atoms with Gasteiger partial charge in [-0.25, -0.2) is 4.79 Å². The van der Waals surface area contributed by atoms with Crippen LogP contribution >= 0.6 is 0 Å². The Labute approximate surface area is 160 Å². The molecule has 146 valence electrons. The molecule has 5 nitrogen and oxygen atoms in total. The summed E-state index contributed by atoms with van der Waals surface area (Å²) in [5, 5.41) is 4.06. The van der Waals surface area contributed by atoms with Gasteiger partial charge in [0.05, 0.1) is 7.11 Å². The van der Waals surface area contributed by atoms with Crippen molar-refractivity contribution >= 4 is 16.9 Å².